The molecule has 0 aliphatic heterocycles. The Balaban J connectivity index is 0.000000329. The molecule has 0 spiro atoms. The number of ketones is 1. The van der Waals surface area contributed by atoms with Gasteiger partial charge in [-0.15, -0.1) is 17.7 Å². The summed E-state index contributed by atoms with van der Waals surface area (Å²) in [5, 5.41) is 12.8. The Labute approximate surface area is 260 Å². The van der Waals surface area contributed by atoms with Crippen LogP contribution in [0.15, 0.2) is 89.5 Å². The van der Waals surface area contributed by atoms with Crippen molar-refractivity contribution in [3.8, 4) is 17.0 Å². The maximum absolute atomic E-state index is 12.7. The number of alkyl halides is 3. The average Bonchev–Trinajstić information content (AvgIpc) is 3.34. The van der Waals surface area contributed by atoms with Crippen molar-refractivity contribution in [2.75, 3.05) is 0 Å². The quantitative estimate of drug-likeness (QED) is 0.141. The fraction of sp³-hybridized carbons (Fsp3) is 0.200. The molecule has 6 aromatic rings. The van der Waals surface area contributed by atoms with E-state index in [1.165, 1.54) is 13.0 Å². The van der Waals surface area contributed by atoms with Gasteiger partial charge in [-0.25, -0.2) is 0 Å². The first-order valence-electron chi connectivity index (χ1n) is 13.6. The van der Waals surface area contributed by atoms with E-state index in [2.05, 4.69) is 31.0 Å². The fourth-order valence-corrected chi connectivity index (χ4v) is 4.90. The standard InChI is InChI=1S/C27H21F3NO.C8H8O2.Ir/c1-16(2)19-14-22-21-5-3-4-6-24(21)32-26(22)23(15-19)25-20-8-7-17(9-11-27(28,29)30)13-18(20)10-12-31-25;1-6(9)7-4-2-3-5-8(7)10;/h3-8,10,12-14,16H,9,11H2,1-2H3;2-5,10H,1H3;/q-1;;. The molecule has 2 heterocycles. The normalized spacial score (nSPS) is 11.4. The Kier molecular flexibility index (Phi) is 9.73. The number of furan rings is 1. The average molecular weight is 761 g/mol. The van der Waals surface area contributed by atoms with Gasteiger partial charge in [-0.2, -0.15) is 13.2 Å². The van der Waals surface area contributed by atoms with Crippen molar-refractivity contribution in [2.24, 2.45) is 0 Å². The van der Waals surface area contributed by atoms with E-state index >= 15 is 0 Å². The van der Waals surface area contributed by atoms with Crippen LogP contribution in [-0.4, -0.2) is 22.1 Å². The zero-order valence-electron chi connectivity index (χ0n) is 23.8. The van der Waals surface area contributed by atoms with E-state index in [1.54, 1.807) is 30.5 Å². The van der Waals surface area contributed by atoms with E-state index in [-0.39, 0.29) is 44.0 Å². The molecule has 6 rings (SSSR count). The molecular formula is C35H29F3IrNO3-. The van der Waals surface area contributed by atoms with E-state index in [1.807, 2.05) is 42.5 Å². The van der Waals surface area contributed by atoms with Crippen molar-refractivity contribution in [1.82, 2.24) is 4.98 Å². The minimum Gasteiger partial charge on any atom is -0.507 e. The Hall–Kier alpha value is -4.00. The fourth-order valence-electron chi connectivity index (χ4n) is 4.90. The molecule has 0 bridgehead atoms. The van der Waals surface area contributed by atoms with Gasteiger partial charge in [-0.3, -0.25) is 4.79 Å². The van der Waals surface area contributed by atoms with Crippen LogP contribution in [0.5, 0.6) is 5.75 Å². The van der Waals surface area contributed by atoms with E-state index in [0.29, 0.717) is 11.1 Å². The molecule has 0 aliphatic rings. The van der Waals surface area contributed by atoms with Crippen LogP contribution < -0.4 is 0 Å². The van der Waals surface area contributed by atoms with Gasteiger partial charge in [0.1, 0.15) is 11.3 Å². The first kappa shape index (κ1) is 31.9. The zero-order chi connectivity index (χ0) is 30.0. The smallest absolute Gasteiger partial charge is 0.389 e. The Morgan fingerprint density at radius 3 is 2.35 bits per heavy atom. The van der Waals surface area contributed by atoms with Gasteiger partial charge >= 0.3 is 6.18 Å². The van der Waals surface area contributed by atoms with Crippen molar-refractivity contribution in [1.29, 1.82) is 0 Å². The summed E-state index contributed by atoms with van der Waals surface area (Å²) >= 11 is 0. The number of aromatic nitrogens is 1. The maximum Gasteiger partial charge on any atom is 0.389 e. The van der Waals surface area contributed by atoms with Gasteiger partial charge in [-0.1, -0.05) is 73.3 Å². The van der Waals surface area contributed by atoms with E-state index in [4.69, 9.17) is 9.52 Å². The number of carbonyl (C=O) groups is 1. The van der Waals surface area contributed by atoms with E-state index in [0.717, 1.165) is 49.5 Å². The number of carbonyl (C=O) groups excluding carboxylic acids is 1. The molecule has 2 aromatic heterocycles. The van der Waals surface area contributed by atoms with Crippen LogP contribution in [0, 0.1) is 6.07 Å². The van der Waals surface area contributed by atoms with E-state index in [9.17, 15) is 18.0 Å². The number of hydrogen-bond acceptors (Lipinski definition) is 4. The third-order valence-electron chi connectivity index (χ3n) is 7.10. The molecule has 43 heavy (non-hydrogen) atoms. The van der Waals surface area contributed by atoms with Crippen LogP contribution in [0.4, 0.5) is 13.2 Å². The third kappa shape index (κ3) is 7.15. The van der Waals surface area contributed by atoms with Crippen LogP contribution >= 0.6 is 0 Å². The van der Waals surface area contributed by atoms with Crippen molar-refractivity contribution < 1.29 is 47.6 Å². The first-order valence-corrected chi connectivity index (χ1v) is 13.6. The summed E-state index contributed by atoms with van der Waals surface area (Å²) in [7, 11) is 0. The van der Waals surface area contributed by atoms with Crippen molar-refractivity contribution in [3.63, 3.8) is 0 Å². The zero-order valence-corrected chi connectivity index (χ0v) is 26.1. The third-order valence-corrected chi connectivity index (χ3v) is 7.10. The number of fused-ring (bicyclic) bond motifs is 4. The molecule has 8 heteroatoms. The Bertz CT molecular complexity index is 1910. The number of phenols is 1. The number of nitrogens with zero attached hydrogens (tertiary/aromatic N) is 1. The summed E-state index contributed by atoms with van der Waals surface area (Å²) in [4.78, 5) is 15.3. The molecule has 223 valence electrons. The molecule has 0 fully saturated rings. The van der Waals surface area contributed by atoms with Gasteiger partial charge in [0.15, 0.2) is 5.78 Å². The molecule has 0 saturated heterocycles. The molecule has 0 atom stereocenters. The number of Topliss-reactive ketones (excluding diaryl/α,β-unsaturated/α-hetero) is 1. The second-order valence-corrected chi connectivity index (χ2v) is 10.5. The molecule has 0 amide bonds. The largest absolute Gasteiger partial charge is 0.507 e. The topological polar surface area (TPSA) is 63.3 Å². The molecule has 1 radical (unpaired) electrons. The molecule has 4 nitrogen and oxygen atoms in total. The van der Waals surface area contributed by atoms with Crippen LogP contribution in [0.2, 0.25) is 0 Å². The van der Waals surface area contributed by atoms with Gasteiger partial charge in [0.05, 0.1) is 11.1 Å². The van der Waals surface area contributed by atoms with Gasteiger partial charge in [0, 0.05) is 38.1 Å². The van der Waals surface area contributed by atoms with Crippen LogP contribution in [0.25, 0.3) is 44.0 Å². The number of halogens is 3. The predicted molar refractivity (Wildman–Crippen MR) is 160 cm³/mol. The number of aromatic hydroxyl groups is 1. The maximum atomic E-state index is 12.7. The molecule has 4 aromatic carbocycles. The molecule has 0 saturated carbocycles. The summed E-state index contributed by atoms with van der Waals surface area (Å²) in [6.07, 6.45) is -3.35. The van der Waals surface area contributed by atoms with Crippen LogP contribution in [-0.2, 0) is 26.5 Å². The minimum absolute atomic E-state index is 0. The van der Waals surface area contributed by atoms with Crippen molar-refractivity contribution >= 4 is 38.5 Å². The monoisotopic (exact) mass is 761 g/mol. The summed E-state index contributed by atoms with van der Waals surface area (Å²) in [5.74, 6) is 0.198. The number of rotatable bonds is 5. The number of hydrogen-bond donors (Lipinski definition) is 1. The second-order valence-electron chi connectivity index (χ2n) is 10.5. The summed E-state index contributed by atoms with van der Waals surface area (Å²) in [6.45, 7) is 5.66. The first-order chi connectivity index (χ1) is 20.0. The minimum atomic E-state index is -4.17. The van der Waals surface area contributed by atoms with E-state index < -0.39 is 12.6 Å². The number of pyridine rings is 1. The number of phenolic OH excluding ortho intramolecular Hbond substituents is 1. The second kappa shape index (κ2) is 13.1. The van der Waals surface area contributed by atoms with Crippen LogP contribution in [0.3, 0.4) is 0 Å². The molecule has 0 unspecified atom stereocenters. The molecule has 1 N–H and O–H groups in total. The number of aryl methyl sites for hydroxylation is 1. The number of benzene rings is 4. The molecule has 0 aliphatic carbocycles. The molecular weight excluding hydrogens is 732 g/mol. The Morgan fingerprint density at radius 1 is 0.953 bits per heavy atom. The van der Waals surface area contributed by atoms with Gasteiger partial charge < -0.3 is 14.5 Å². The van der Waals surface area contributed by atoms with Crippen LogP contribution in [0.1, 0.15) is 54.6 Å². The van der Waals surface area contributed by atoms with Gasteiger partial charge in [0.2, 0.25) is 0 Å². The van der Waals surface area contributed by atoms with Gasteiger partial charge in [0.25, 0.3) is 0 Å². The summed E-state index contributed by atoms with van der Waals surface area (Å²) < 4.78 is 44.2. The van der Waals surface area contributed by atoms with Crippen molar-refractivity contribution in [2.45, 2.75) is 45.7 Å². The summed E-state index contributed by atoms with van der Waals surface area (Å²) in [6, 6.07) is 27.3. The number of para-hydroxylation sites is 2. The summed E-state index contributed by atoms with van der Waals surface area (Å²) in [5.41, 5.74) is 5.10. The van der Waals surface area contributed by atoms with Crippen molar-refractivity contribution in [3.05, 3.63) is 108 Å². The van der Waals surface area contributed by atoms with Gasteiger partial charge in [-0.05, 0) is 65.6 Å². The predicted octanol–water partition coefficient (Wildman–Crippen LogP) is 9.81. The SMILES string of the molecule is CC(=O)c1ccccc1O.CC(C)c1[c-]c(-c2nccc3cc(CCC(F)(F)F)ccc23)c2oc3ccccc3c2c1.[Ir]. The Morgan fingerprint density at radius 2 is 1.67 bits per heavy atom.